The van der Waals surface area contributed by atoms with Crippen LogP contribution < -0.4 is 10.2 Å². The second kappa shape index (κ2) is 5.61. The molecule has 0 bridgehead atoms. The van der Waals surface area contributed by atoms with E-state index in [1.807, 2.05) is 6.92 Å². The predicted molar refractivity (Wildman–Crippen MR) is 84.5 cm³/mol. The molecule has 7 nitrogen and oxygen atoms in total. The first kappa shape index (κ1) is 15.9. The van der Waals surface area contributed by atoms with Crippen molar-refractivity contribution < 1.29 is 18.0 Å². The normalized spacial score (nSPS) is 21.9. The third kappa shape index (κ3) is 2.72. The molecule has 0 saturated carbocycles. The van der Waals surface area contributed by atoms with Crippen molar-refractivity contribution in [2.24, 2.45) is 0 Å². The molecule has 2 heterocycles. The quantitative estimate of drug-likeness (QED) is 0.829. The van der Waals surface area contributed by atoms with Gasteiger partial charge in [0.2, 0.25) is 21.8 Å². The number of carbonyl (C=O) groups is 2. The van der Waals surface area contributed by atoms with Crippen molar-refractivity contribution in [1.29, 1.82) is 0 Å². The monoisotopic (exact) mass is 337 g/mol. The lowest BCUT2D eigenvalue weighted by Crippen LogP contribution is -2.49. The van der Waals surface area contributed by atoms with Gasteiger partial charge in [0.05, 0.1) is 11.4 Å². The van der Waals surface area contributed by atoms with Crippen LogP contribution in [0.3, 0.4) is 0 Å². The number of fused-ring (bicyclic) bond motifs is 1. The molecule has 0 radical (unpaired) electrons. The van der Waals surface area contributed by atoms with Crippen LogP contribution in [0.5, 0.6) is 0 Å². The van der Waals surface area contributed by atoms with Crippen LogP contribution in [0.2, 0.25) is 0 Å². The summed E-state index contributed by atoms with van der Waals surface area (Å²) >= 11 is 0. The van der Waals surface area contributed by atoms with E-state index in [4.69, 9.17) is 0 Å². The van der Waals surface area contributed by atoms with Crippen molar-refractivity contribution in [3.8, 4) is 0 Å². The van der Waals surface area contributed by atoms with Gasteiger partial charge in [0, 0.05) is 31.7 Å². The Kier molecular flexibility index (Phi) is 3.89. The Balaban J connectivity index is 1.95. The number of rotatable bonds is 2. The Bertz CT molecular complexity index is 775. The number of carbonyl (C=O) groups excluding carboxylic acids is 2. The van der Waals surface area contributed by atoms with Crippen LogP contribution in [0.1, 0.15) is 19.4 Å². The number of benzene rings is 1. The van der Waals surface area contributed by atoms with E-state index in [9.17, 15) is 18.0 Å². The van der Waals surface area contributed by atoms with E-state index in [1.54, 1.807) is 17.0 Å². The van der Waals surface area contributed by atoms with Crippen LogP contribution in [0.4, 0.5) is 5.69 Å². The van der Waals surface area contributed by atoms with E-state index in [0.717, 1.165) is 11.3 Å². The molecule has 2 aliphatic heterocycles. The molecule has 0 aliphatic carbocycles. The molecule has 1 fully saturated rings. The van der Waals surface area contributed by atoms with Crippen LogP contribution in [0, 0.1) is 0 Å². The summed E-state index contributed by atoms with van der Waals surface area (Å²) in [4.78, 5) is 25.0. The second-order valence-electron chi connectivity index (χ2n) is 5.92. The molecular formula is C15H19N3O4S. The summed E-state index contributed by atoms with van der Waals surface area (Å²) in [6.45, 7) is 3.86. The number of hydrogen-bond acceptors (Lipinski definition) is 4. The Morgan fingerprint density at radius 3 is 2.74 bits per heavy atom. The van der Waals surface area contributed by atoms with E-state index in [1.165, 1.54) is 17.3 Å². The first-order chi connectivity index (χ1) is 10.8. The topological polar surface area (TPSA) is 86.8 Å². The zero-order chi connectivity index (χ0) is 16.8. The summed E-state index contributed by atoms with van der Waals surface area (Å²) in [5, 5.41) is 2.61. The number of amides is 2. The van der Waals surface area contributed by atoms with Gasteiger partial charge in [-0.25, -0.2) is 8.42 Å². The molecule has 1 N–H and O–H groups in total. The highest BCUT2D eigenvalue weighted by molar-refractivity contribution is 7.89. The molecule has 23 heavy (non-hydrogen) atoms. The summed E-state index contributed by atoms with van der Waals surface area (Å²) < 4.78 is 26.6. The first-order valence-electron chi connectivity index (χ1n) is 7.50. The van der Waals surface area contributed by atoms with Crippen molar-refractivity contribution in [3.05, 3.63) is 23.8 Å². The molecule has 0 aromatic heterocycles. The fraction of sp³-hybridized carbons (Fsp3) is 0.467. The molecule has 3 rings (SSSR count). The zero-order valence-corrected chi connectivity index (χ0v) is 13.9. The van der Waals surface area contributed by atoms with Gasteiger partial charge in [0.25, 0.3) is 0 Å². The highest BCUT2D eigenvalue weighted by Gasteiger charge is 2.33. The van der Waals surface area contributed by atoms with Crippen LogP contribution in [0.25, 0.3) is 0 Å². The van der Waals surface area contributed by atoms with Crippen LogP contribution in [-0.2, 0) is 26.0 Å². The number of nitrogens with zero attached hydrogens (tertiary/aromatic N) is 2. The Morgan fingerprint density at radius 2 is 2.09 bits per heavy atom. The summed E-state index contributed by atoms with van der Waals surface area (Å²) in [7, 11) is -3.70. The minimum Gasteiger partial charge on any atom is -0.354 e. The molecule has 2 aliphatic rings. The van der Waals surface area contributed by atoms with Gasteiger partial charge < -0.3 is 10.2 Å². The molecular weight excluding hydrogens is 318 g/mol. The van der Waals surface area contributed by atoms with Crippen molar-refractivity contribution in [1.82, 2.24) is 9.62 Å². The lowest BCUT2D eigenvalue weighted by molar-refractivity contribution is -0.122. The van der Waals surface area contributed by atoms with E-state index in [2.05, 4.69) is 5.32 Å². The summed E-state index contributed by atoms with van der Waals surface area (Å²) in [5.41, 5.74) is 1.61. The molecule has 0 unspecified atom stereocenters. The van der Waals surface area contributed by atoms with E-state index >= 15 is 0 Å². The Hall–Kier alpha value is -1.93. The molecule has 1 saturated heterocycles. The summed E-state index contributed by atoms with van der Waals surface area (Å²) in [6, 6.07) is 4.82. The lowest BCUT2D eigenvalue weighted by Gasteiger charge is -2.26. The third-order valence-electron chi connectivity index (χ3n) is 4.25. The molecule has 1 atom stereocenters. The van der Waals surface area contributed by atoms with E-state index in [0.29, 0.717) is 13.0 Å². The van der Waals surface area contributed by atoms with Gasteiger partial charge in [-0.15, -0.1) is 0 Å². The summed E-state index contributed by atoms with van der Waals surface area (Å²) in [6.07, 6.45) is 0.624. The Labute approximate surface area is 135 Å². The number of sulfonamides is 1. The SMILES string of the molecule is CC(=O)N1c2ccc(S(=O)(=O)N3CCNC(=O)C3)cc2C[C@@H]1C. The van der Waals surface area contributed by atoms with Crippen molar-refractivity contribution in [2.45, 2.75) is 31.2 Å². The van der Waals surface area contributed by atoms with Gasteiger partial charge in [-0.1, -0.05) is 0 Å². The number of piperazine rings is 1. The molecule has 124 valence electrons. The molecule has 1 aromatic carbocycles. The highest BCUT2D eigenvalue weighted by atomic mass is 32.2. The number of hydrogen-bond donors (Lipinski definition) is 1. The lowest BCUT2D eigenvalue weighted by atomic mass is 10.1. The van der Waals surface area contributed by atoms with Gasteiger partial charge in [-0.3, -0.25) is 9.59 Å². The standard InChI is InChI=1S/C15H19N3O4S/c1-10-7-12-8-13(3-4-14(12)18(10)11(2)19)23(21,22)17-6-5-16-15(20)9-17/h3-4,8,10H,5-7,9H2,1-2H3,(H,16,20)/t10-/m0/s1. The minimum absolute atomic E-state index is 0.0150. The fourth-order valence-electron chi connectivity index (χ4n) is 3.22. The molecule has 0 spiro atoms. The first-order valence-corrected chi connectivity index (χ1v) is 8.94. The maximum atomic E-state index is 12.7. The van der Waals surface area contributed by atoms with Crippen LogP contribution in [-0.4, -0.2) is 50.2 Å². The third-order valence-corrected chi connectivity index (χ3v) is 6.09. The number of anilines is 1. The molecule has 1 aromatic rings. The fourth-order valence-corrected chi connectivity index (χ4v) is 4.67. The highest BCUT2D eigenvalue weighted by Crippen LogP contribution is 2.34. The van der Waals surface area contributed by atoms with Crippen LogP contribution in [0.15, 0.2) is 23.1 Å². The van der Waals surface area contributed by atoms with Crippen molar-refractivity contribution in [3.63, 3.8) is 0 Å². The average molecular weight is 337 g/mol. The van der Waals surface area contributed by atoms with Crippen molar-refractivity contribution in [2.75, 3.05) is 24.5 Å². The van der Waals surface area contributed by atoms with Crippen molar-refractivity contribution >= 4 is 27.5 Å². The average Bonchev–Trinajstić information content (AvgIpc) is 2.82. The van der Waals surface area contributed by atoms with E-state index in [-0.39, 0.29) is 35.8 Å². The predicted octanol–water partition coefficient (Wildman–Crippen LogP) is 0.105. The van der Waals surface area contributed by atoms with Gasteiger partial charge in [0.15, 0.2) is 0 Å². The Morgan fingerprint density at radius 1 is 1.35 bits per heavy atom. The van der Waals surface area contributed by atoms with Gasteiger partial charge in [0.1, 0.15) is 0 Å². The molecule has 2 amide bonds. The zero-order valence-electron chi connectivity index (χ0n) is 13.1. The van der Waals surface area contributed by atoms with Gasteiger partial charge >= 0.3 is 0 Å². The van der Waals surface area contributed by atoms with Gasteiger partial charge in [-0.2, -0.15) is 4.31 Å². The number of nitrogens with one attached hydrogen (secondary N) is 1. The maximum Gasteiger partial charge on any atom is 0.243 e. The molecule has 8 heteroatoms. The van der Waals surface area contributed by atoms with Gasteiger partial charge in [-0.05, 0) is 37.1 Å². The second-order valence-corrected chi connectivity index (χ2v) is 7.86. The summed E-state index contributed by atoms with van der Waals surface area (Å²) in [5.74, 6) is -0.350. The van der Waals surface area contributed by atoms with E-state index < -0.39 is 10.0 Å². The maximum absolute atomic E-state index is 12.7. The minimum atomic E-state index is -3.70. The van der Waals surface area contributed by atoms with Crippen LogP contribution >= 0.6 is 0 Å². The largest absolute Gasteiger partial charge is 0.354 e. The smallest absolute Gasteiger partial charge is 0.243 e.